The lowest BCUT2D eigenvalue weighted by atomic mass is 10.00. The molecule has 0 bridgehead atoms. The maximum Gasteiger partial charge on any atom is 0.271 e. The van der Waals surface area contributed by atoms with E-state index in [2.05, 4.69) is 11.2 Å². The number of carbonyl (C=O) groups is 1. The number of anilines is 1. The van der Waals surface area contributed by atoms with E-state index >= 15 is 0 Å². The van der Waals surface area contributed by atoms with Crippen molar-refractivity contribution in [2.75, 3.05) is 18.6 Å². The van der Waals surface area contributed by atoms with Gasteiger partial charge in [-0.25, -0.2) is 0 Å². The zero-order chi connectivity index (χ0) is 17.2. The van der Waals surface area contributed by atoms with Gasteiger partial charge < -0.3 is 14.5 Å². The highest BCUT2D eigenvalue weighted by Gasteiger charge is 2.34. The van der Waals surface area contributed by atoms with Gasteiger partial charge in [0.05, 0.1) is 12.8 Å². The molecule has 1 amide bonds. The van der Waals surface area contributed by atoms with Crippen molar-refractivity contribution in [2.45, 2.75) is 25.4 Å². The van der Waals surface area contributed by atoms with E-state index in [-0.39, 0.29) is 5.91 Å². The first-order valence-corrected chi connectivity index (χ1v) is 8.52. The van der Waals surface area contributed by atoms with E-state index in [0.29, 0.717) is 6.42 Å². The summed E-state index contributed by atoms with van der Waals surface area (Å²) < 4.78 is 5.17. The Kier molecular flexibility index (Phi) is 4.14. The third-order valence-corrected chi connectivity index (χ3v) is 4.74. The third-order valence-electron chi connectivity index (χ3n) is 4.74. The van der Waals surface area contributed by atoms with Gasteiger partial charge in [-0.1, -0.05) is 23.4 Å². The van der Waals surface area contributed by atoms with E-state index in [9.17, 15) is 4.79 Å². The number of benzene rings is 2. The molecule has 0 saturated heterocycles. The summed E-state index contributed by atoms with van der Waals surface area (Å²) in [6.07, 6.45) is 1.92. The molecule has 0 unspecified atom stereocenters. The molecule has 1 atom stereocenters. The quantitative estimate of drug-likeness (QED) is 0.865. The Morgan fingerprint density at radius 3 is 2.80 bits per heavy atom. The summed E-state index contributed by atoms with van der Waals surface area (Å²) in [5, 5.41) is 4.14. The molecule has 128 valence electrons. The number of carbonyl (C=O) groups excluding carboxylic acids is 1. The second kappa shape index (κ2) is 6.59. The molecule has 0 N–H and O–H groups in total. The standard InChI is InChI=1S/C20H20N2O3/c1-24-16-10-8-14(9-11-16)17-13-19(25-21-17)20(23)22-12-4-6-15-5-2-3-7-18(15)22/h2-3,5,7-11,19H,4,6,12-13H2,1H3/t19-/m1/s1. The lowest BCUT2D eigenvalue weighted by molar-refractivity contribution is -0.128. The number of methoxy groups -OCH3 is 1. The zero-order valence-electron chi connectivity index (χ0n) is 14.1. The average Bonchev–Trinajstić information content (AvgIpc) is 3.17. The van der Waals surface area contributed by atoms with E-state index in [1.54, 1.807) is 7.11 Å². The van der Waals surface area contributed by atoms with Crippen molar-refractivity contribution < 1.29 is 14.4 Å². The van der Waals surface area contributed by atoms with Crippen molar-refractivity contribution in [2.24, 2.45) is 5.16 Å². The normalized spacial score (nSPS) is 19.0. The number of fused-ring (bicyclic) bond motifs is 1. The monoisotopic (exact) mass is 336 g/mol. The second-order valence-corrected chi connectivity index (χ2v) is 6.29. The molecular weight excluding hydrogens is 316 g/mol. The van der Waals surface area contributed by atoms with Gasteiger partial charge in [0.15, 0.2) is 0 Å². The van der Waals surface area contributed by atoms with Gasteiger partial charge in [-0.3, -0.25) is 4.79 Å². The Morgan fingerprint density at radius 2 is 2.00 bits per heavy atom. The maximum absolute atomic E-state index is 12.9. The Hall–Kier alpha value is -2.82. The summed E-state index contributed by atoms with van der Waals surface area (Å²) >= 11 is 0. The molecule has 5 heteroatoms. The van der Waals surface area contributed by atoms with Crippen molar-refractivity contribution in [3.8, 4) is 5.75 Å². The van der Waals surface area contributed by atoms with E-state index in [1.807, 2.05) is 47.4 Å². The van der Waals surface area contributed by atoms with Gasteiger partial charge in [0, 0.05) is 18.7 Å². The Morgan fingerprint density at radius 1 is 1.20 bits per heavy atom. The fourth-order valence-electron chi connectivity index (χ4n) is 3.40. The summed E-state index contributed by atoms with van der Waals surface area (Å²) in [6.45, 7) is 0.730. The molecule has 0 fully saturated rings. The highest BCUT2D eigenvalue weighted by Crippen LogP contribution is 2.29. The molecule has 5 nitrogen and oxygen atoms in total. The molecule has 0 saturated carbocycles. The van der Waals surface area contributed by atoms with Gasteiger partial charge in [-0.05, 0) is 54.3 Å². The highest BCUT2D eigenvalue weighted by molar-refractivity contribution is 6.07. The van der Waals surface area contributed by atoms with Crippen molar-refractivity contribution in [1.29, 1.82) is 0 Å². The van der Waals surface area contributed by atoms with Gasteiger partial charge in [-0.2, -0.15) is 0 Å². The Bertz CT molecular complexity index is 814. The lowest BCUT2D eigenvalue weighted by Gasteiger charge is -2.30. The smallest absolute Gasteiger partial charge is 0.271 e. The van der Waals surface area contributed by atoms with Crippen LogP contribution in [0.1, 0.15) is 24.0 Å². The van der Waals surface area contributed by atoms with Crippen LogP contribution in [0.2, 0.25) is 0 Å². The minimum atomic E-state index is -0.553. The van der Waals surface area contributed by atoms with E-state index < -0.39 is 6.10 Å². The fraction of sp³-hybridized carbons (Fsp3) is 0.300. The van der Waals surface area contributed by atoms with Gasteiger partial charge in [0.2, 0.25) is 6.10 Å². The van der Waals surface area contributed by atoms with Crippen molar-refractivity contribution in [3.05, 3.63) is 59.7 Å². The predicted molar refractivity (Wildman–Crippen MR) is 96.1 cm³/mol. The van der Waals surface area contributed by atoms with Crippen LogP contribution < -0.4 is 9.64 Å². The van der Waals surface area contributed by atoms with E-state index in [1.165, 1.54) is 5.56 Å². The topological polar surface area (TPSA) is 51.1 Å². The number of para-hydroxylation sites is 1. The van der Waals surface area contributed by atoms with Crippen LogP contribution in [0.25, 0.3) is 0 Å². The molecule has 0 aliphatic carbocycles. The maximum atomic E-state index is 12.9. The molecule has 0 spiro atoms. The molecule has 0 aromatic heterocycles. The summed E-state index contributed by atoms with van der Waals surface area (Å²) in [5.74, 6) is 0.778. The summed E-state index contributed by atoms with van der Waals surface area (Å²) in [6, 6.07) is 15.7. The number of oxime groups is 1. The Labute approximate surface area is 146 Å². The van der Waals surface area contributed by atoms with Crippen molar-refractivity contribution in [3.63, 3.8) is 0 Å². The van der Waals surface area contributed by atoms with Gasteiger partial charge in [0.1, 0.15) is 5.75 Å². The summed E-state index contributed by atoms with van der Waals surface area (Å²) in [4.78, 5) is 20.3. The van der Waals surface area contributed by atoms with Crippen LogP contribution >= 0.6 is 0 Å². The average molecular weight is 336 g/mol. The third kappa shape index (κ3) is 2.97. The molecule has 0 radical (unpaired) electrons. The first-order valence-electron chi connectivity index (χ1n) is 8.52. The van der Waals surface area contributed by atoms with Crippen LogP contribution in [-0.4, -0.2) is 31.4 Å². The number of amides is 1. The number of nitrogens with zero attached hydrogens (tertiary/aromatic N) is 2. The molecule has 2 aromatic rings. The molecule has 2 aromatic carbocycles. The Balaban J connectivity index is 1.48. The van der Waals surface area contributed by atoms with E-state index in [4.69, 9.17) is 9.57 Å². The van der Waals surface area contributed by atoms with Gasteiger partial charge in [0.25, 0.3) is 5.91 Å². The molecular formula is C20H20N2O3. The minimum absolute atomic E-state index is 0.0144. The number of aryl methyl sites for hydroxylation is 1. The van der Waals surface area contributed by atoms with Crippen LogP contribution in [0.15, 0.2) is 53.7 Å². The highest BCUT2D eigenvalue weighted by atomic mass is 16.6. The predicted octanol–water partition coefficient (Wildman–Crippen LogP) is 3.17. The van der Waals surface area contributed by atoms with Crippen LogP contribution in [-0.2, 0) is 16.1 Å². The SMILES string of the molecule is COc1ccc(C2=NO[C@@H](C(=O)N3CCCc4ccccc43)C2)cc1. The number of hydrogen-bond donors (Lipinski definition) is 0. The zero-order valence-corrected chi connectivity index (χ0v) is 14.1. The van der Waals surface area contributed by atoms with Crippen LogP contribution in [0.5, 0.6) is 5.75 Å². The summed E-state index contributed by atoms with van der Waals surface area (Å²) in [5.41, 5.74) is 3.97. The van der Waals surface area contributed by atoms with Gasteiger partial charge in [-0.15, -0.1) is 0 Å². The molecule has 25 heavy (non-hydrogen) atoms. The van der Waals surface area contributed by atoms with E-state index in [0.717, 1.165) is 42.1 Å². The van der Waals surface area contributed by atoms with Crippen molar-refractivity contribution >= 4 is 17.3 Å². The number of rotatable bonds is 3. The van der Waals surface area contributed by atoms with Crippen LogP contribution in [0.3, 0.4) is 0 Å². The number of hydrogen-bond acceptors (Lipinski definition) is 4. The van der Waals surface area contributed by atoms with Gasteiger partial charge >= 0.3 is 0 Å². The fourth-order valence-corrected chi connectivity index (χ4v) is 3.40. The first-order chi connectivity index (χ1) is 12.3. The molecule has 2 heterocycles. The number of ether oxygens (including phenoxy) is 1. The van der Waals surface area contributed by atoms with Crippen LogP contribution in [0, 0.1) is 0 Å². The molecule has 4 rings (SSSR count). The molecule has 2 aliphatic rings. The largest absolute Gasteiger partial charge is 0.497 e. The summed E-state index contributed by atoms with van der Waals surface area (Å²) in [7, 11) is 1.64. The van der Waals surface area contributed by atoms with Crippen LogP contribution in [0.4, 0.5) is 5.69 Å². The second-order valence-electron chi connectivity index (χ2n) is 6.29. The van der Waals surface area contributed by atoms with Crippen molar-refractivity contribution in [1.82, 2.24) is 0 Å². The minimum Gasteiger partial charge on any atom is -0.497 e. The first kappa shape index (κ1) is 15.7. The molecule has 2 aliphatic heterocycles. The lowest BCUT2D eigenvalue weighted by Crippen LogP contribution is -2.42.